The van der Waals surface area contributed by atoms with E-state index in [0.29, 0.717) is 23.4 Å². The number of nitriles is 1. The van der Waals surface area contributed by atoms with E-state index in [1.807, 2.05) is 24.1 Å². The standard InChI is InChI=1S/C17H22N4O/c1-20(17(22)14-5-6-14)12-13-7-9-21(10-8-13)16-4-2-3-15(11-18)19-16/h2-4,13-14H,5-10,12H2,1H3. The van der Waals surface area contributed by atoms with E-state index in [9.17, 15) is 4.79 Å². The van der Waals surface area contributed by atoms with Crippen LogP contribution in [0.15, 0.2) is 18.2 Å². The fourth-order valence-corrected chi connectivity index (χ4v) is 3.13. The molecule has 116 valence electrons. The van der Waals surface area contributed by atoms with E-state index in [1.165, 1.54) is 0 Å². The molecule has 1 amide bonds. The van der Waals surface area contributed by atoms with E-state index in [0.717, 1.165) is 51.1 Å². The highest BCUT2D eigenvalue weighted by atomic mass is 16.2. The van der Waals surface area contributed by atoms with Crippen molar-refractivity contribution in [3.05, 3.63) is 23.9 Å². The van der Waals surface area contributed by atoms with Gasteiger partial charge in [0, 0.05) is 32.6 Å². The highest BCUT2D eigenvalue weighted by Gasteiger charge is 2.33. The van der Waals surface area contributed by atoms with Crippen molar-refractivity contribution < 1.29 is 4.79 Å². The first-order valence-electron chi connectivity index (χ1n) is 8.04. The van der Waals surface area contributed by atoms with Gasteiger partial charge in [-0.25, -0.2) is 4.98 Å². The normalized spacial score (nSPS) is 18.8. The summed E-state index contributed by atoms with van der Waals surface area (Å²) >= 11 is 0. The molecule has 22 heavy (non-hydrogen) atoms. The Balaban J connectivity index is 1.51. The molecule has 2 fully saturated rings. The van der Waals surface area contributed by atoms with Crippen LogP contribution in [0.25, 0.3) is 0 Å². The fourth-order valence-electron chi connectivity index (χ4n) is 3.13. The summed E-state index contributed by atoms with van der Waals surface area (Å²) in [6.45, 7) is 2.75. The number of rotatable bonds is 4. The molecule has 5 heteroatoms. The first-order chi connectivity index (χ1) is 10.7. The maximum atomic E-state index is 12.0. The van der Waals surface area contributed by atoms with Crippen LogP contribution in [-0.4, -0.2) is 42.5 Å². The lowest BCUT2D eigenvalue weighted by Crippen LogP contribution is -2.40. The predicted molar refractivity (Wildman–Crippen MR) is 84.3 cm³/mol. The summed E-state index contributed by atoms with van der Waals surface area (Å²) in [6, 6.07) is 7.67. The first kappa shape index (κ1) is 14.8. The van der Waals surface area contributed by atoms with Gasteiger partial charge in [0.25, 0.3) is 0 Å². The molecule has 1 aromatic rings. The lowest BCUT2D eigenvalue weighted by molar-refractivity contribution is -0.131. The monoisotopic (exact) mass is 298 g/mol. The zero-order valence-electron chi connectivity index (χ0n) is 13.0. The highest BCUT2D eigenvalue weighted by Crippen LogP contribution is 2.31. The second-order valence-corrected chi connectivity index (χ2v) is 6.42. The summed E-state index contributed by atoms with van der Waals surface area (Å²) in [6.07, 6.45) is 4.28. The van der Waals surface area contributed by atoms with Crippen molar-refractivity contribution in [2.24, 2.45) is 11.8 Å². The van der Waals surface area contributed by atoms with Gasteiger partial charge in [-0.3, -0.25) is 4.79 Å². The highest BCUT2D eigenvalue weighted by molar-refractivity contribution is 5.80. The van der Waals surface area contributed by atoms with Gasteiger partial charge in [0.1, 0.15) is 17.6 Å². The number of hydrogen-bond acceptors (Lipinski definition) is 4. The van der Waals surface area contributed by atoms with Gasteiger partial charge in [-0.1, -0.05) is 6.07 Å². The second-order valence-electron chi connectivity index (χ2n) is 6.42. The molecule has 2 aliphatic rings. The van der Waals surface area contributed by atoms with Crippen LogP contribution < -0.4 is 4.90 Å². The number of aromatic nitrogens is 1. The average molecular weight is 298 g/mol. The third-order valence-electron chi connectivity index (χ3n) is 4.62. The van der Waals surface area contributed by atoms with Crippen molar-refractivity contribution in [3.8, 4) is 6.07 Å². The van der Waals surface area contributed by atoms with Gasteiger partial charge in [0.05, 0.1) is 0 Å². The third kappa shape index (κ3) is 3.38. The Bertz CT molecular complexity index is 583. The van der Waals surface area contributed by atoms with Gasteiger partial charge in [-0.15, -0.1) is 0 Å². The van der Waals surface area contributed by atoms with Gasteiger partial charge in [-0.05, 0) is 43.7 Å². The van der Waals surface area contributed by atoms with E-state index in [4.69, 9.17) is 5.26 Å². The molecule has 1 aliphatic heterocycles. The molecule has 5 nitrogen and oxygen atoms in total. The summed E-state index contributed by atoms with van der Waals surface area (Å²) in [4.78, 5) is 20.5. The van der Waals surface area contributed by atoms with Crippen molar-refractivity contribution in [1.82, 2.24) is 9.88 Å². The topological polar surface area (TPSA) is 60.2 Å². The molecule has 3 rings (SSSR count). The zero-order valence-corrected chi connectivity index (χ0v) is 13.0. The van der Waals surface area contributed by atoms with E-state index in [1.54, 1.807) is 6.07 Å². The van der Waals surface area contributed by atoms with E-state index < -0.39 is 0 Å². The van der Waals surface area contributed by atoms with Crippen LogP contribution in [0.5, 0.6) is 0 Å². The van der Waals surface area contributed by atoms with Gasteiger partial charge in [0.15, 0.2) is 0 Å². The van der Waals surface area contributed by atoms with Crippen molar-refractivity contribution >= 4 is 11.7 Å². The number of piperidine rings is 1. The molecule has 1 saturated heterocycles. The summed E-state index contributed by atoms with van der Waals surface area (Å²) in [5, 5.41) is 8.93. The molecule has 0 N–H and O–H groups in total. The van der Waals surface area contributed by atoms with E-state index >= 15 is 0 Å². The SMILES string of the molecule is CN(CC1CCN(c2cccc(C#N)n2)CC1)C(=O)C1CC1. The Labute approximate surface area is 131 Å². The quantitative estimate of drug-likeness (QED) is 0.853. The minimum Gasteiger partial charge on any atom is -0.357 e. The van der Waals surface area contributed by atoms with Crippen LogP contribution in [-0.2, 0) is 4.79 Å². The molecule has 0 radical (unpaired) electrons. The van der Waals surface area contributed by atoms with E-state index in [-0.39, 0.29) is 0 Å². The third-order valence-corrected chi connectivity index (χ3v) is 4.62. The molecule has 2 heterocycles. The molecule has 0 aromatic carbocycles. The maximum absolute atomic E-state index is 12.0. The Kier molecular flexibility index (Phi) is 4.28. The lowest BCUT2D eigenvalue weighted by atomic mass is 9.96. The number of nitrogens with zero attached hydrogens (tertiary/aromatic N) is 4. The van der Waals surface area contributed by atoms with Crippen LogP contribution in [0, 0.1) is 23.2 Å². The largest absolute Gasteiger partial charge is 0.357 e. The van der Waals surface area contributed by atoms with Gasteiger partial charge in [0.2, 0.25) is 5.91 Å². The Morgan fingerprint density at radius 2 is 2.09 bits per heavy atom. The molecule has 0 spiro atoms. The number of amides is 1. The van der Waals surface area contributed by atoms with Crippen LogP contribution in [0.2, 0.25) is 0 Å². The Morgan fingerprint density at radius 3 is 2.73 bits per heavy atom. The number of carbonyl (C=O) groups is 1. The average Bonchev–Trinajstić information content (AvgIpc) is 3.40. The van der Waals surface area contributed by atoms with Crippen molar-refractivity contribution in [3.63, 3.8) is 0 Å². The molecular formula is C17H22N4O. The number of carbonyl (C=O) groups excluding carboxylic acids is 1. The number of anilines is 1. The minimum absolute atomic E-state index is 0.308. The van der Waals surface area contributed by atoms with Crippen molar-refractivity contribution in [1.29, 1.82) is 5.26 Å². The minimum atomic E-state index is 0.308. The van der Waals surface area contributed by atoms with E-state index in [2.05, 4.69) is 16.0 Å². The molecular weight excluding hydrogens is 276 g/mol. The zero-order chi connectivity index (χ0) is 15.5. The molecule has 1 saturated carbocycles. The smallest absolute Gasteiger partial charge is 0.225 e. The van der Waals surface area contributed by atoms with Crippen LogP contribution in [0.4, 0.5) is 5.82 Å². The summed E-state index contributed by atoms with van der Waals surface area (Å²) < 4.78 is 0. The maximum Gasteiger partial charge on any atom is 0.225 e. The molecule has 1 aliphatic carbocycles. The van der Waals surface area contributed by atoms with Gasteiger partial charge in [-0.2, -0.15) is 5.26 Å². The van der Waals surface area contributed by atoms with Gasteiger partial charge >= 0.3 is 0 Å². The second kappa shape index (κ2) is 6.35. The van der Waals surface area contributed by atoms with Gasteiger partial charge < -0.3 is 9.80 Å². The summed E-state index contributed by atoms with van der Waals surface area (Å²) in [5.41, 5.74) is 0.467. The van der Waals surface area contributed by atoms with Crippen LogP contribution >= 0.6 is 0 Å². The molecule has 0 unspecified atom stereocenters. The molecule has 0 bridgehead atoms. The Hall–Kier alpha value is -2.09. The first-order valence-corrected chi connectivity index (χ1v) is 8.04. The molecule has 1 aromatic heterocycles. The van der Waals surface area contributed by atoms with Crippen molar-refractivity contribution in [2.75, 3.05) is 31.6 Å². The van der Waals surface area contributed by atoms with Crippen molar-refractivity contribution in [2.45, 2.75) is 25.7 Å². The molecule has 0 atom stereocenters. The summed E-state index contributed by atoms with van der Waals surface area (Å²) in [7, 11) is 1.94. The Morgan fingerprint density at radius 1 is 1.36 bits per heavy atom. The van der Waals surface area contributed by atoms with Crippen LogP contribution in [0.3, 0.4) is 0 Å². The number of pyridine rings is 1. The number of hydrogen-bond donors (Lipinski definition) is 0. The predicted octanol–water partition coefficient (Wildman–Crippen LogP) is 2.04. The summed E-state index contributed by atoms with van der Waals surface area (Å²) in [5.74, 6) is 2.09. The fraction of sp³-hybridized carbons (Fsp3) is 0.588. The lowest BCUT2D eigenvalue weighted by Gasteiger charge is -2.34. The van der Waals surface area contributed by atoms with Crippen LogP contribution in [0.1, 0.15) is 31.4 Å².